The van der Waals surface area contributed by atoms with Crippen LogP contribution < -0.4 is 0 Å². The van der Waals surface area contributed by atoms with E-state index in [1.807, 2.05) is 67.7 Å². The minimum Gasteiger partial charge on any atom is -0.390 e. The third-order valence-electron chi connectivity index (χ3n) is 41.3. The van der Waals surface area contributed by atoms with Crippen molar-refractivity contribution in [2.75, 3.05) is 0 Å². The predicted molar refractivity (Wildman–Crippen MR) is 497 cm³/mol. The van der Waals surface area contributed by atoms with Gasteiger partial charge >= 0.3 is 0 Å². The molecule has 7 heterocycles. The summed E-state index contributed by atoms with van der Waals surface area (Å²) >= 11 is 6.03. The summed E-state index contributed by atoms with van der Waals surface area (Å²) in [5, 5.41) is 73.3. The zero-order chi connectivity index (χ0) is 90.1. The van der Waals surface area contributed by atoms with Crippen LogP contribution in [0.15, 0.2) is 79.8 Å². The first-order chi connectivity index (χ1) is 62.2. The Labute approximate surface area is 772 Å². The van der Waals surface area contributed by atoms with E-state index in [2.05, 4.69) is 73.6 Å². The highest BCUT2D eigenvalue weighted by atomic mass is 35.5. The summed E-state index contributed by atoms with van der Waals surface area (Å²) in [6.45, 7) is 19.1. The molecule has 130 heavy (non-hydrogen) atoms. The Morgan fingerprint density at radius 3 is 1.28 bits per heavy atom. The topological polar surface area (TPSA) is 285 Å². The largest absolute Gasteiger partial charge is 0.390 e. The molecule has 1 aromatic carbocycles. The number of halogens is 2. The van der Waals surface area contributed by atoms with E-state index in [4.69, 9.17) is 11.6 Å². The van der Waals surface area contributed by atoms with Crippen LogP contribution in [0.2, 0.25) is 5.02 Å². The Bertz CT molecular complexity index is 5210. The van der Waals surface area contributed by atoms with Gasteiger partial charge in [0.15, 0.2) is 28.8 Å². The number of carbonyl (C=O) groups excluding carboxylic acids is 4. The lowest BCUT2D eigenvalue weighted by Crippen LogP contribution is -2.51. The lowest BCUT2D eigenvalue weighted by Gasteiger charge is -2.56. The molecule has 16 fully saturated rings. The van der Waals surface area contributed by atoms with E-state index in [-0.39, 0.29) is 75.8 Å². The molecular formula is C107H145ClFN13O8. The van der Waals surface area contributed by atoms with Crippen LogP contribution in [0.4, 0.5) is 4.39 Å². The number of carbonyl (C=O) groups is 4. The molecule has 0 amide bonds. The fraction of sp³-hybridized carbons (Fsp3) is 0.748. The van der Waals surface area contributed by atoms with Crippen molar-refractivity contribution in [1.82, 2.24) is 64.5 Å². The normalized spacial score (nSPS) is 43.0. The molecule has 0 bridgehead atoms. The highest BCUT2D eigenvalue weighted by Gasteiger charge is 2.64. The maximum absolute atomic E-state index is 13.6. The van der Waals surface area contributed by atoms with E-state index in [1.165, 1.54) is 147 Å². The fourth-order valence-corrected chi connectivity index (χ4v) is 35.7. The molecule has 18 aliphatic rings. The van der Waals surface area contributed by atoms with Crippen LogP contribution in [-0.4, -0.2) is 130 Å². The van der Waals surface area contributed by atoms with Crippen LogP contribution >= 0.6 is 11.6 Å². The molecule has 4 N–H and O–H groups in total. The molecule has 21 nitrogen and oxygen atoms in total. The number of Topliss-reactive ketones (excluding diaryl/α,β-unsaturated/α-hetero) is 4. The van der Waals surface area contributed by atoms with Crippen molar-refractivity contribution in [1.29, 1.82) is 0 Å². The third kappa shape index (κ3) is 16.3. The molecule has 24 rings (SSSR count). The summed E-state index contributed by atoms with van der Waals surface area (Å²) in [6, 6.07) is 10.2. The average Bonchev–Trinajstić information content (AvgIpc) is 1.50. The smallest absolute Gasteiger partial charge is 0.178 e. The summed E-state index contributed by atoms with van der Waals surface area (Å²) in [5.74, 6) is 16.4. The van der Waals surface area contributed by atoms with Crippen LogP contribution in [0.25, 0.3) is 44.4 Å². The monoisotopic (exact) mass is 1790 g/mol. The van der Waals surface area contributed by atoms with Crippen LogP contribution in [0, 0.1) is 170 Å². The second-order valence-electron chi connectivity index (χ2n) is 48.5. The molecule has 32 atom stereocenters. The number of hydrogen-bond donors (Lipinski definition) is 4. The summed E-state index contributed by atoms with van der Waals surface area (Å²) in [6.07, 6.45) is 54.2. The van der Waals surface area contributed by atoms with E-state index in [1.54, 1.807) is 46.3 Å². The van der Waals surface area contributed by atoms with Crippen molar-refractivity contribution in [2.24, 2.45) is 164 Å². The molecule has 16 saturated carbocycles. The number of fused-ring (bicyclic) bond motifs is 24. The quantitative estimate of drug-likeness (QED) is 0.0884. The van der Waals surface area contributed by atoms with Gasteiger partial charge in [0, 0.05) is 71.7 Å². The van der Waals surface area contributed by atoms with Crippen LogP contribution in [-0.2, 0) is 45.4 Å². The second-order valence-corrected chi connectivity index (χ2v) is 48.9. The molecule has 0 saturated heterocycles. The number of nitrogens with zero attached hydrogens (tertiary/aromatic N) is 13. The van der Waals surface area contributed by atoms with Gasteiger partial charge in [-0.1, -0.05) is 49.7 Å². The van der Waals surface area contributed by atoms with Gasteiger partial charge in [0.05, 0.1) is 58.4 Å². The standard InChI is InChI=1S/C27H36FN3O2.2C27H37N3O2.C26H35ClN4O2/c1-26(33)11-9-18-16(14-26)3-5-20-19(18)10-12-27(2)21(20)6-7-22(27)25(32)15-31-24-8-4-17(28)13-23(24)29-30-31;1-26(32)10-7-19-17(13-26)3-4-21-20(19)8-11-27(2)22(21)5-6-23(27)25(31)16-30-15-18-9-12-28-14-24(18)29-30;1-26(32)10-7-19-17(13-26)3-4-21-20(19)8-11-27(2)22(21)5-6-23(27)25(31)16-30-12-9-18-14-28-29-24(18)15-30;1-25(33)9-7-17-15(12-25)3-4-19-18(17)8-10-26(2)20(19)5-6-21(26)23(32)14-31-24-22(29-30-31)11-16(27)13-28-24/h4,8,13,16,18-22,33H,3,5-7,9-12,14-15H2,1-2H3;2*9,12,14-15,17,19-23,32H,3-8,10-11,13,16H2,1-2H3;11,13,15,17-21,33H,3-10,12,14H2,1-2H3/t16-,18+,19-,20-,21+,22-,26-,27+;2*17-,19+,20-,21-,22+,23-,26-,27+;15-,17+,18-,19-,20+,21-,25-,26+/m1111/s1. The number of rotatable bonds is 12. The molecule has 700 valence electrons. The van der Waals surface area contributed by atoms with Gasteiger partial charge in [-0.15, -0.1) is 15.3 Å². The molecule has 6 aromatic rings. The lowest BCUT2D eigenvalue weighted by atomic mass is 9.49. The number of benzene rings is 1. The average molecular weight is 1800 g/mol. The number of pyridine rings is 3. The van der Waals surface area contributed by atoms with Gasteiger partial charge in [-0.3, -0.25) is 28.8 Å². The highest BCUT2D eigenvalue weighted by molar-refractivity contribution is 6.31. The van der Waals surface area contributed by atoms with Gasteiger partial charge in [0.1, 0.15) is 41.2 Å². The van der Waals surface area contributed by atoms with Gasteiger partial charge in [0.25, 0.3) is 0 Å². The first kappa shape index (κ1) is 89.7. The minimum atomic E-state index is -0.473. The highest BCUT2D eigenvalue weighted by Crippen LogP contribution is 2.70. The van der Waals surface area contributed by atoms with E-state index in [0.29, 0.717) is 93.7 Å². The summed E-state index contributed by atoms with van der Waals surface area (Å²) in [5.41, 5.74) is 3.89. The van der Waals surface area contributed by atoms with Gasteiger partial charge in [-0.05, 0) is 429 Å². The van der Waals surface area contributed by atoms with E-state index in [0.717, 1.165) is 195 Å². The minimum absolute atomic E-state index is 0.0768. The zero-order valence-corrected chi connectivity index (χ0v) is 79.4. The van der Waals surface area contributed by atoms with Crippen molar-refractivity contribution < 1.29 is 44.0 Å². The van der Waals surface area contributed by atoms with Crippen LogP contribution in [0.5, 0.6) is 0 Å². The maximum Gasteiger partial charge on any atom is 0.178 e. The molecule has 0 unspecified atom stereocenters. The molecule has 2 aliphatic heterocycles. The van der Waals surface area contributed by atoms with Gasteiger partial charge in [0.2, 0.25) is 0 Å². The Balaban J connectivity index is 0.000000105. The SMILES string of the molecule is C[C@@]1(O)CC[C@H]2[C@H](CC[C@@H]3[C@@H]2CC[C@]2(C)[C@@H](C(=O)Cn4cc5ccncc5n4)CC[C@@H]32)C1.C[C@@]1(O)CC[C@H]2[C@H](CC[C@@H]3[C@@H]2CC[C@]2(C)[C@@H](C(=O)Cn4ccc5cnnc-5c4)CC[C@@H]32)C1.C[C@@]1(O)CC[C@H]2[C@H](CC[C@@H]3[C@@H]2CC[C@]2(C)[C@@H](C(=O)Cn4nnc5cc(Cl)cnc54)CC[C@@H]32)C1.C[C@@]1(O)CC[C@H]2[C@H](CC[C@@H]3[C@@H]2CC[C@]2(C)[C@@H](C(=O)Cn4nnc5cc(F)ccc54)CC[C@@H]32)C1. The Morgan fingerprint density at radius 1 is 0.408 bits per heavy atom. The number of aromatic nitrogens is 13. The summed E-state index contributed by atoms with van der Waals surface area (Å²) in [7, 11) is 0. The molecule has 23 heteroatoms. The zero-order valence-electron chi connectivity index (χ0n) is 78.6. The molecular weight excluding hydrogens is 1650 g/mol. The Hall–Kier alpha value is -6.85. The first-order valence-corrected chi connectivity index (χ1v) is 51.9. The Kier molecular flexibility index (Phi) is 23.6. The molecule has 0 radical (unpaired) electrons. The van der Waals surface area contributed by atoms with Gasteiger partial charge in [-0.2, -0.15) is 10.2 Å². The van der Waals surface area contributed by atoms with Crippen LogP contribution in [0.3, 0.4) is 0 Å². The third-order valence-corrected chi connectivity index (χ3v) is 41.5. The van der Waals surface area contributed by atoms with E-state index >= 15 is 0 Å². The van der Waals surface area contributed by atoms with Gasteiger partial charge < -0.3 is 25.0 Å². The maximum atomic E-state index is 13.6. The number of aliphatic hydroxyl groups is 4. The molecule has 0 spiro atoms. The van der Waals surface area contributed by atoms with Crippen molar-refractivity contribution in [3.8, 4) is 11.3 Å². The first-order valence-electron chi connectivity index (χ1n) is 51.6. The van der Waals surface area contributed by atoms with Crippen molar-refractivity contribution in [2.45, 2.75) is 335 Å². The fourth-order valence-electron chi connectivity index (χ4n) is 35.5. The lowest BCUT2D eigenvalue weighted by molar-refractivity contribution is -0.133. The van der Waals surface area contributed by atoms with Crippen LogP contribution in [0.1, 0.15) is 287 Å². The van der Waals surface area contributed by atoms with Crippen molar-refractivity contribution in [3.63, 3.8) is 0 Å². The molecule has 5 aromatic heterocycles. The van der Waals surface area contributed by atoms with E-state index < -0.39 is 22.4 Å². The van der Waals surface area contributed by atoms with Crippen molar-refractivity contribution in [3.05, 3.63) is 90.6 Å². The summed E-state index contributed by atoms with van der Waals surface area (Å²) < 4.78 is 20.6. The Morgan fingerprint density at radius 2 is 0.823 bits per heavy atom. The summed E-state index contributed by atoms with van der Waals surface area (Å²) in [4.78, 5) is 62.7. The predicted octanol–water partition coefficient (Wildman–Crippen LogP) is 20.2. The van der Waals surface area contributed by atoms with Gasteiger partial charge in [-0.25, -0.2) is 18.7 Å². The van der Waals surface area contributed by atoms with E-state index in [9.17, 15) is 44.0 Å². The number of hydrogen-bond acceptors (Lipinski definition) is 17. The second kappa shape index (κ2) is 34.1. The molecule has 16 aliphatic carbocycles. The van der Waals surface area contributed by atoms with Crippen molar-refractivity contribution >= 4 is 67.8 Å². The number of ketones is 4.